The van der Waals surface area contributed by atoms with Crippen molar-refractivity contribution in [3.05, 3.63) is 36.4 Å². The van der Waals surface area contributed by atoms with Gasteiger partial charge in [0.15, 0.2) is 5.82 Å². The zero-order valence-corrected chi connectivity index (χ0v) is 16.8. The van der Waals surface area contributed by atoms with Gasteiger partial charge in [-0.2, -0.15) is 4.98 Å². The lowest BCUT2D eigenvalue weighted by Gasteiger charge is -2.29. The Balaban J connectivity index is 0.00000112. The molecule has 3 N–H and O–H groups in total. The molecule has 2 fully saturated rings. The molecule has 2 aliphatic heterocycles. The molecule has 28 heavy (non-hydrogen) atoms. The fraction of sp³-hybridized carbons (Fsp3) is 0.429. The Morgan fingerprint density at radius 3 is 2.14 bits per heavy atom. The van der Waals surface area contributed by atoms with Gasteiger partial charge in [-0.05, 0) is 43.7 Å². The molecule has 2 aromatic heterocycles. The van der Waals surface area contributed by atoms with E-state index in [0.29, 0.717) is 0 Å². The van der Waals surface area contributed by atoms with Crippen LogP contribution >= 0.6 is 12.4 Å². The summed E-state index contributed by atoms with van der Waals surface area (Å²) in [5.41, 5.74) is 4.42. The lowest BCUT2D eigenvalue weighted by Crippen LogP contribution is -2.31. The van der Waals surface area contributed by atoms with Crippen LogP contribution in [0.5, 0.6) is 0 Å². The summed E-state index contributed by atoms with van der Waals surface area (Å²) in [6, 6.07) is 12.7. The van der Waals surface area contributed by atoms with Crippen LogP contribution < -0.4 is 9.80 Å². The fourth-order valence-electron chi connectivity index (χ4n) is 4.15. The van der Waals surface area contributed by atoms with Gasteiger partial charge in [-0.25, -0.2) is 4.98 Å². The van der Waals surface area contributed by atoms with Gasteiger partial charge in [0.25, 0.3) is 0 Å². The van der Waals surface area contributed by atoms with Gasteiger partial charge < -0.3 is 20.3 Å². The summed E-state index contributed by atoms with van der Waals surface area (Å²) >= 11 is 0. The molecular formula is C21H28ClN5O. The Labute approximate surface area is 171 Å². The molecule has 0 unspecified atom stereocenters. The number of anilines is 2. The SMILES string of the molecule is Cl.O.c1ccc(-c2cc3nc(N4CCCC4)nc(N4CCCCC4)c3[nH]2)cc1. The number of piperidine rings is 1. The molecule has 0 spiro atoms. The van der Waals surface area contributed by atoms with E-state index in [0.717, 1.165) is 54.7 Å². The predicted molar refractivity (Wildman–Crippen MR) is 118 cm³/mol. The highest BCUT2D eigenvalue weighted by Gasteiger charge is 2.22. The second kappa shape index (κ2) is 8.80. The van der Waals surface area contributed by atoms with Crippen LogP contribution in [-0.4, -0.2) is 46.6 Å². The van der Waals surface area contributed by atoms with E-state index in [4.69, 9.17) is 9.97 Å². The molecule has 2 saturated heterocycles. The summed E-state index contributed by atoms with van der Waals surface area (Å²) < 4.78 is 0. The van der Waals surface area contributed by atoms with E-state index in [1.54, 1.807) is 0 Å². The van der Waals surface area contributed by atoms with Gasteiger partial charge in [0.05, 0.1) is 5.52 Å². The van der Waals surface area contributed by atoms with E-state index in [1.165, 1.54) is 37.7 Å². The molecule has 2 aliphatic rings. The lowest BCUT2D eigenvalue weighted by molar-refractivity contribution is 0.574. The summed E-state index contributed by atoms with van der Waals surface area (Å²) in [7, 11) is 0. The van der Waals surface area contributed by atoms with Gasteiger partial charge in [-0.15, -0.1) is 12.4 Å². The molecule has 3 aromatic rings. The Hall–Kier alpha value is -2.31. The third-order valence-corrected chi connectivity index (χ3v) is 5.58. The van der Waals surface area contributed by atoms with Crippen LogP contribution in [0.15, 0.2) is 36.4 Å². The van der Waals surface area contributed by atoms with Gasteiger partial charge in [-0.3, -0.25) is 0 Å². The van der Waals surface area contributed by atoms with Crippen LogP contribution in [0.1, 0.15) is 32.1 Å². The number of aromatic nitrogens is 3. The van der Waals surface area contributed by atoms with Crippen LogP contribution in [0.4, 0.5) is 11.8 Å². The third kappa shape index (κ3) is 3.80. The second-order valence-electron chi connectivity index (χ2n) is 7.40. The van der Waals surface area contributed by atoms with Gasteiger partial charge in [0.2, 0.25) is 5.95 Å². The zero-order valence-electron chi connectivity index (χ0n) is 16.0. The van der Waals surface area contributed by atoms with Crippen molar-refractivity contribution >= 4 is 35.2 Å². The lowest BCUT2D eigenvalue weighted by atomic mass is 10.1. The Kier molecular flexibility index (Phi) is 6.42. The van der Waals surface area contributed by atoms with Crippen LogP contribution in [0.3, 0.4) is 0 Å². The van der Waals surface area contributed by atoms with Crippen molar-refractivity contribution < 1.29 is 5.48 Å². The molecule has 150 valence electrons. The number of nitrogens with one attached hydrogen (secondary N) is 1. The van der Waals surface area contributed by atoms with E-state index < -0.39 is 0 Å². The van der Waals surface area contributed by atoms with Crippen LogP contribution in [-0.2, 0) is 0 Å². The number of fused-ring (bicyclic) bond motifs is 1. The van der Waals surface area contributed by atoms with E-state index in [9.17, 15) is 0 Å². The normalized spacial score (nSPS) is 16.7. The van der Waals surface area contributed by atoms with Gasteiger partial charge >= 0.3 is 0 Å². The molecule has 0 bridgehead atoms. The second-order valence-corrected chi connectivity index (χ2v) is 7.40. The molecule has 4 heterocycles. The first-order valence-electron chi connectivity index (χ1n) is 9.84. The summed E-state index contributed by atoms with van der Waals surface area (Å²) in [5, 5.41) is 0. The van der Waals surface area contributed by atoms with Gasteiger partial charge in [0, 0.05) is 31.9 Å². The Morgan fingerprint density at radius 2 is 1.43 bits per heavy atom. The van der Waals surface area contributed by atoms with Crippen LogP contribution in [0.2, 0.25) is 0 Å². The highest BCUT2D eigenvalue weighted by atomic mass is 35.5. The summed E-state index contributed by atoms with van der Waals surface area (Å²) in [6.45, 7) is 4.32. The molecule has 6 nitrogen and oxygen atoms in total. The molecular weight excluding hydrogens is 374 g/mol. The highest BCUT2D eigenvalue weighted by molar-refractivity contribution is 5.91. The molecule has 0 radical (unpaired) electrons. The number of hydrogen-bond donors (Lipinski definition) is 1. The molecule has 0 atom stereocenters. The first-order chi connectivity index (χ1) is 12.9. The maximum absolute atomic E-state index is 5.02. The van der Waals surface area contributed by atoms with E-state index in [-0.39, 0.29) is 17.9 Å². The van der Waals surface area contributed by atoms with Crippen molar-refractivity contribution in [2.24, 2.45) is 0 Å². The fourth-order valence-corrected chi connectivity index (χ4v) is 4.15. The standard InChI is InChI=1S/C21H25N5.ClH.H2O/c1-3-9-16(10-4-1)17-15-18-19(22-17)20(25-11-5-2-6-12-25)24-21(23-18)26-13-7-8-14-26;;/h1,3-4,9-10,15,22H,2,5-8,11-14H2;1H;1H2. The topological polar surface area (TPSA) is 79.6 Å². The number of halogens is 1. The highest BCUT2D eigenvalue weighted by Crippen LogP contribution is 2.32. The number of hydrogen-bond acceptors (Lipinski definition) is 4. The van der Waals surface area contributed by atoms with Crippen molar-refractivity contribution in [2.45, 2.75) is 32.1 Å². The van der Waals surface area contributed by atoms with Crippen molar-refractivity contribution in [1.82, 2.24) is 15.0 Å². The maximum atomic E-state index is 5.02. The van der Waals surface area contributed by atoms with Crippen molar-refractivity contribution in [3.63, 3.8) is 0 Å². The number of aromatic amines is 1. The maximum Gasteiger partial charge on any atom is 0.228 e. The first-order valence-corrected chi connectivity index (χ1v) is 9.84. The minimum Gasteiger partial charge on any atom is -0.412 e. The first kappa shape index (κ1) is 20.4. The van der Waals surface area contributed by atoms with E-state index in [2.05, 4.69) is 51.2 Å². The van der Waals surface area contributed by atoms with Crippen molar-refractivity contribution in [1.29, 1.82) is 0 Å². The monoisotopic (exact) mass is 401 g/mol. The third-order valence-electron chi connectivity index (χ3n) is 5.58. The average Bonchev–Trinajstić information content (AvgIpc) is 3.38. The average molecular weight is 402 g/mol. The van der Waals surface area contributed by atoms with E-state index >= 15 is 0 Å². The molecule has 7 heteroatoms. The number of benzene rings is 1. The summed E-state index contributed by atoms with van der Waals surface area (Å²) in [4.78, 5) is 18.3. The smallest absolute Gasteiger partial charge is 0.228 e. The number of H-pyrrole nitrogens is 1. The zero-order chi connectivity index (χ0) is 17.3. The van der Waals surface area contributed by atoms with Gasteiger partial charge in [0.1, 0.15) is 5.52 Å². The molecule has 0 aliphatic carbocycles. The summed E-state index contributed by atoms with van der Waals surface area (Å²) in [5.74, 6) is 1.98. The molecule has 0 amide bonds. The van der Waals surface area contributed by atoms with Gasteiger partial charge in [-0.1, -0.05) is 30.3 Å². The van der Waals surface area contributed by atoms with Crippen LogP contribution in [0, 0.1) is 0 Å². The molecule has 1 aromatic carbocycles. The number of rotatable bonds is 3. The Bertz CT molecular complexity index is 902. The predicted octanol–water partition coefficient (Wildman–Crippen LogP) is 3.81. The summed E-state index contributed by atoms with van der Waals surface area (Å²) in [6.07, 6.45) is 6.29. The van der Waals surface area contributed by atoms with E-state index in [1.807, 2.05) is 0 Å². The quantitative estimate of drug-likeness (QED) is 0.723. The minimum atomic E-state index is 0. The molecule has 0 saturated carbocycles. The number of nitrogens with zero attached hydrogens (tertiary/aromatic N) is 4. The van der Waals surface area contributed by atoms with Crippen molar-refractivity contribution in [2.75, 3.05) is 36.0 Å². The van der Waals surface area contributed by atoms with Crippen LogP contribution in [0.25, 0.3) is 22.3 Å². The molecule has 5 rings (SSSR count). The minimum absolute atomic E-state index is 0. The van der Waals surface area contributed by atoms with Crippen molar-refractivity contribution in [3.8, 4) is 11.3 Å². The largest absolute Gasteiger partial charge is 0.412 e. The Morgan fingerprint density at radius 1 is 0.786 bits per heavy atom.